The third-order valence-corrected chi connectivity index (χ3v) is 3.84. The van der Waals surface area contributed by atoms with Gasteiger partial charge >= 0.3 is 5.97 Å². The molecule has 1 aromatic rings. The van der Waals surface area contributed by atoms with Gasteiger partial charge < -0.3 is 5.11 Å². The number of nitriles is 1. The van der Waals surface area contributed by atoms with Gasteiger partial charge in [0.05, 0.1) is 10.5 Å². The lowest BCUT2D eigenvalue weighted by molar-refractivity contribution is -0.138. The van der Waals surface area contributed by atoms with Crippen molar-refractivity contribution in [3.63, 3.8) is 0 Å². The summed E-state index contributed by atoms with van der Waals surface area (Å²) in [6.07, 6.45) is 1.15. The van der Waals surface area contributed by atoms with Crippen LogP contribution >= 0.6 is 0 Å². The maximum Gasteiger partial charge on any atom is 0.322 e. The Balaban J connectivity index is 3.14. The molecule has 8 heteroatoms. The minimum absolute atomic E-state index is 0.110. The number of hydrogen-bond donors (Lipinski definition) is 2. The number of rotatable bonds is 6. The van der Waals surface area contributed by atoms with Crippen LogP contribution in [0, 0.1) is 17.1 Å². The molecule has 1 rings (SSSR count). The number of sulfonamides is 1. The summed E-state index contributed by atoms with van der Waals surface area (Å²) in [5, 5.41) is 17.5. The Morgan fingerprint density at radius 2 is 2.25 bits per heavy atom. The minimum Gasteiger partial charge on any atom is -0.480 e. The maximum atomic E-state index is 13.1. The highest BCUT2D eigenvalue weighted by molar-refractivity contribution is 7.89. The van der Waals surface area contributed by atoms with E-state index in [1.807, 2.05) is 4.72 Å². The molecule has 0 bridgehead atoms. The number of benzene rings is 1. The molecule has 0 aliphatic rings. The molecule has 0 amide bonds. The van der Waals surface area contributed by atoms with Crippen molar-refractivity contribution in [2.45, 2.75) is 17.4 Å². The summed E-state index contributed by atoms with van der Waals surface area (Å²) in [6.45, 7) is 3.33. The third-order valence-electron chi connectivity index (χ3n) is 2.37. The molecule has 1 atom stereocenters. The molecule has 0 saturated heterocycles. The van der Waals surface area contributed by atoms with E-state index in [0.717, 1.165) is 18.2 Å². The Kier molecular flexibility index (Phi) is 4.96. The molecule has 0 radical (unpaired) electrons. The lowest BCUT2D eigenvalue weighted by Crippen LogP contribution is -2.40. The Bertz CT molecular complexity index is 679. The normalized spacial score (nSPS) is 12.4. The van der Waals surface area contributed by atoms with Gasteiger partial charge in [0.25, 0.3) is 0 Å². The van der Waals surface area contributed by atoms with Gasteiger partial charge in [-0.3, -0.25) is 4.79 Å². The number of hydrogen-bond acceptors (Lipinski definition) is 4. The molecule has 0 aliphatic heterocycles. The summed E-state index contributed by atoms with van der Waals surface area (Å²) in [7, 11) is -4.17. The summed E-state index contributed by atoms with van der Waals surface area (Å²) >= 11 is 0. The van der Waals surface area contributed by atoms with E-state index in [1.165, 1.54) is 12.1 Å². The zero-order chi connectivity index (χ0) is 15.3. The molecule has 2 N–H and O–H groups in total. The Labute approximate surface area is 115 Å². The van der Waals surface area contributed by atoms with Gasteiger partial charge in [0.2, 0.25) is 10.0 Å². The molecular formula is C12H11FN2O4S. The van der Waals surface area contributed by atoms with E-state index in [4.69, 9.17) is 10.4 Å². The standard InChI is InChI=1S/C12H11FN2O4S/c1-2-3-11(12(16)17)15-20(18,19)9-4-5-10(13)8(6-9)7-14/h2,4-6,11,15H,1,3H2,(H,16,17). The van der Waals surface area contributed by atoms with Gasteiger partial charge in [0, 0.05) is 0 Å². The van der Waals surface area contributed by atoms with E-state index in [9.17, 15) is 17.6 Å². The fraction of sp³-hybridized carbons (Fsp3) is 0.167. The van der Waals surface area contributed by atoms with Crippen molar-refractivity contribution < 1.29 is 22.7 Å². The average Bonchev–Trinajstić information content (AvgIpc) is 2.38. The van der Waals surface area contributed by atoms with Gasteiger partial charge in [-0.2, -0.15) is 9.98 Å². The number of carboxylic acid groups (broad SMARTS) is 1. The number of halogens is 1. The summed E-state index contributed by atoms with van der Waals surface area (Å²) in [6, 6.07) is 2.75. The molecule has 0 spiro atoms. The van der Waals surface area contributed by atoms with Crippen molar-refractivity contribution in [3.05, 3.63) is 42.2 Å². The van der Waals surface area contributed by atoms with E-state index in [1.54, 1.807) is 0 Å². The first-order chi connectivity index (χ1) is 9.31. The Morgan fingerprint density at radius 1 is 1.60 bits per heavy atom. The third kappa shape index (κ3) is 3.63. The lowest BCUT2D eigenvalue weighted by Gasteiger charge is -2.13. The van der Waals surface area contributed by atoms with Gasteiger partial charge in [-0.1, -0.05) is 6.08 Å². The van der Waals surface area contributed by atoms with Gasteiger partial charge in [0.15, 0.2) is 0 Å². The average molecular weight is 298 g/mol. The number of aliphatic carboxylic acids is 1. The van der Waals surface area contributed by atoms with Crippen LogP contribution in [0.1, 0.15) is 12.0 Å². The van der Waals surface area contributed by atoms with Gasteiger partial charge in [0.1, 0.15) is 17.9 Å². The van der Waals surface area contributed by atoms with Crippen LogP contribution in [0.5, 0.6) is 0 Å². The Morgan fingerprint density at radius 3 is 2.75 bits per heavy atom. The monoisotopic (exact) mass is 298 g/mol. The molecule has 0 heterocycles. The second kappa shape index (κ2) is 6.27. The highest BCUT2D eigenvalue weighted by atomic mass is 32.2. The van der Waals surface area contributed by atoms with E-state index in [2.05, 4.69) is 6.58 Å². The first-order valence-electron chi connectivity index (χ1n) is 5.37. The van der Waals surface area contributed by atoms with Crippen LogP contribution in [0.25, 0.3) is 0 Å². The quantitative estimate of drug-likeness (QED) is 0.762. The zero-order valence-electron chi connectivity index (χ0n) is 10.2. The number of nitrogens with zero attached hydrogens (tertiary/aromatic N) is 1. The molecule has 0 aromatic heterocycles. The van der Waals surface area contributed by atoms with Gasteiger partial charge in [-0.25, -0.2) is 12.8 Å². The number of carboxylic acids is 1. The van der Waals surface area contributed by atoms with Crippen LogP contribution in [-0.4, -0.2) is 25.5 Å². The summed E-state index contributed by atoms with van der Waals surface area (Å²) in [4.78, 5) is 10.5. The summed E-state index contributed by atoms with van der Waals surface area (Å²) in [5.74, 6) is -2.22. The molecule has 1 aromatic carbocycles. The minimum atomic E-state index is -4.17. The van der Waals surface area contributed by atoms with E-state index in [0.29, 0.717) is 0 Å². The Hall–Kier alpha value is -2.24. The van der Waals surface area contributed by atoms with Crippen molar-refractivity contribution in [2.24, 2.45) is 0 Å². The molecule has 0 fully saturated rings. The van der Waals surface area contributed by atoms with Crippen LogP contribution < -0.4 is 4.72 Å². The second-order valence-electron chi connectivity index (χ2n) is 3.79. The van der Waals surface area contributed by atoms with Crippen molar-refractivity contribution in [3.8, 4) is 6.07 Å². The van der Waals surface area contributed by atoms with E-state index >= 15 is 0 Å². The number of carbonyl (C=O) groups is 1. The smallest absolute Gasteiger partial charge is 0.322 e. The van der Waals surface area contributed by atoms with Gasteiger partial charge in [-0.05, 0) is 24.6 Å². The van der Waals surface area contributed by atoms with E-state index in [-0.39, 0.29) is 11.3 Å². The van der Waals surface area contributed by atoms with Crippen LogP contribution in [0.3, 0.4) is 0 Å². The van der Waals surface area contributed by atoms with Gasteiger partial charge in [-0.15, -0.1) is 6.58 Å². The fourth-order valence-corrected chi connectivity index (χ4v) is 2.61. The topological polar surface area (TPSA) is 107 Å². The fourth-order valence-electron chi connectivity index (χ4n) is 1.38. The molecule has 6 nitrogen and oxygen atoms in total. The van der Waals surface area contributed by atoms with Crippen molar-refractivity contribution >= 4 is 16.0 Å². The SMILES string of the molecule is C=CCC(NS(=O)(=O)c1ccc(F)c(C#N)c1)C(=O)O. The van der Waals surface area contributed by atoms with Crippen LogP contribution in [0.2, 0.25) is 0 Å². The highest BCUT2D eigenvalue weighted by Gasteiger charge is 2.24. The molecular weight excluding hydrogens is 287 g/mol. The second-order valence-corrected chi connectivity index (χ2v) is 5.50. The lowest BCUT2D eigenvalue weighted by atomic mass is 10.2. The molecule has 20 heavy (non-hydrogen) atoms. The molecule has 0 saturated carbocycles. The summed E-state index contributed by atoms with van der Waals surface area (Å²) < 4.78 is 39.0. The molecule has 0 aliphatic carbocycles. The van der Waals surface area contributed by atoms with Crippen molar-refractivity contribution in [2.75, 3.05) is 0 Å². The number of nitrogens with one attached hydrogen (secondary N) is 1. The van der Waals surface area contributed by atoms with Crippen LogP contribution in [0.4, 0.5) is 4.39 Å². The predicted molar refractivity (Wildman–Crippen MR) is 67.7 cm³/mol. The largest absolute Gasteiger partial charge is 0.480 e. The highest BCUT2D eigenvalue weighted by Crippen LogP contribution is 2.15. The predicted octanol–water partition coefficient (Wildman–Crippen LogP) is 1.00. The molecule has 106 valence electrons. The van der Waals surface area contributed by atoms with E-state index < -0.39 is 33.4 Å². The molecule has 1 unspecified atom stereocenters. The van der Waals surface area contributed by atoms with Crippen molar-refractivity contribution in [1.29, 1.82) is 5.26 Å². The first-order valence-corrected chi connectivity index (χ1v) is 6.86. The first kappa shape index (κ1) is 15.8. The maximum absolute atomic E-state index is 13.1. The summed E-state index contributed by atoms with van der Waals surface area (Å²) in [5.41, 5.74) is -0.441. The van der Waals surface area contributed by atoms with Crippen LogP contribution in [0.15, 0.2) is 35.7 Å². The van der Waals surface area contributed by atoms with Crippen molar-refractivity contribution in [1.82, 2.24) is 4.72 Å². The zero-order valence-corrected chi connectivity index (χ0v) is 11.0. The van der Waals surface area contributed by atoms with Crippen LogP contribution in [-0.2, 0) is 14.8 Å².